The van der Waals surface area contributed by atoms with Gasteiger partial charge in [0.05, 0.1) is 0 Å². The molecule has 1 saturated carbocycles. The molecule has 3 rings (SSSR count). The Morgan fingerprint density at radius 2 is 1.64 bits per heavy atom. The Labute approximate surface area is 171 Å². The standard InChI is InChI=1S/C14H15BrClNO6.H3O4P/c15-13(21)11(20)9(18)10(19)12(14(13,16)22)23-8-5-17-7-4-2-1-3-6(7)8;1-5(2,3)4/h1-5,9-12,17-22H;(H3,1,2,3,4)/t9-,10+,11+,12+,13-,14-;/m1./s1. The van der Waals surface area contributed by atoms with Crippen molar-refractivity contribution in [3.05, 3.63) is 30.5 Å². The van der Waals surface area contributed by atoms with Crippen molar-refractivity contribution in [1.29, 1.82) is 0 Å². The molecule has 9 N–H and O–H groups in total. The molecule has 0 unspecified atom stereocenters. The molecule has 0 amide bonds. The first kappa shape index (κ1) is 23.5. The number of hydrogen-bond donors (Lipinski definition) is 9. The molecule has 158 valence electrons. The van der Waals surface area contributed by atoms with Crippen molar-refractivity contribution < 1.29 is 49.5 Å². The number of nitrogens with one attached hydrogen (secondary N) is 1. The molecule has 1 aromatic carbocycles. The van der Waals surface area contributed by atoms with E-state index in [1.54, 1.807) is 18.2 Å². The second-order valence-corrected chi connectivity index (χ2v) is 8.83. The fourth-order valence-electron chi connectivity index (χ4n) is 2.65. The molecule has 1 heterocycles. The van der Waals surface area contributed by atoms with Crippen molar-refractivity contribution in [3.63, 3.8) is 0 Å². The van der Waals surface area contributed by atoms with Crippen LogP contribution in [-0.2, 0) is 4.57 Å². The highest BCUT2D eigenvalue weighted by molar-refractivity contribution is 9.10. The summed E-state index contributed by atoms with van der Waals surface area (Å²) in [5.74, 6) is 0.260. The summed E-state index contributed by atoms with van der Waals surface area (Å²) >= 11 is 8.65. The van der Waals surface area contributed by atoms with E-state index in [1.807, 2.05) is 6.07 Å². The molecule has 2 aromatic rings. The lowest BCUT2D eigenvalue weighted by atomic mass is 9.84. The van der Waals surface area contributed by atoms with Gasteiger partial charge in [-0.3, -0.25) is 0 Å². The van der Waals surface area contributed by atoms with E-state index >= 15 is 0 Å². The summed E-state index contributed by atoms with van der Waals surface area (Å²) in [7, 11) is -4.64. The Hall–Kier alpha value is -0.760. The van der Waals surface area contributed by atoms with Crippen LogP contribution in [0.5, 0.6) is 5.75 Å². The predicted molar refractivity (Wildman–Crippen MR) is 99.7 cm³/mol. The van der Waals surface area contributed by atoms with Crippen LogP contribution < -0.4 is 4.74 Å². The van der Waals surface area contributed by atoms with Gasteiger partial charge >= 0.3 is 7.82 Å². The van der Waals surface area contributed by atoms with Crippen molar-refractivity contribution in [3.8, 4) is 5.75 Å². The third-order valence-electron chi connectivity index (χ3n) is 4.05. The Bertz CT molecular complexity index is 862. The summed E-state index contributed by atoms with van der Waals surface area (Å²) in [4.78, 5) is 24.5. The van der Waals surface area contributed by atoms with Crippen LogP contribution in [0.1, 0.15) is 0 Å². The minimum atomic E-state index is -4.64. The Kier molecular flexibility index (Phi) is 6.86. The van der Waals surface area contributed by atoms with Gasteiger partial charge in [0.1, 0.15) is 24.1 Å². The zero-order valence-electron chi connectivity index (χ0n) is 13.8. The van der Waals surface area contributed by atoms with Crippen molar-refractivity contribution in [2.75, 3.05) is 0 Å². The zero-order chi connectivity index (χ0) is 21.5. The first-order valence-corrected chi connectivity index (χ1v) is 10.3. The van der Waals surface area contributed by atoms with Crippen LogP contribution in [-0.4, -0.2) is 79.2 Å². The van der Waals surface area contributed by atoms with Crippen LogP contribution in [0, 0.1) is 0 Å². The number of phosphoric acid groups is 1. The topological polar surface area (TPSA) is 204 Å². The van der Waals surface area contributed by atoms with E-state index in [0.717, 1.165) is 5.52 Å². The molecule has 1 aliphatic carbocycles. The highest BCUT2D eigenvalue weighted by Gasteiger charge is 2.67. The van der Waals surface area contributed by atoms with Gasteiger partial charge < -0.3 is 49.9 Å². The predicted octanol–water partition coefficient (Wildman–Crippen LogP) is -0.906. The number of aromatic amines is 1. The third kappa shape index (κ3) is 4.69. The van der Waals surface area contributed by atoms with E-state index < -0.39 is 41.8 Å². The van der Waals surface area contributed by atoms with Crippen LogP contribution >= 0.6 is 35.4 Å². The fourth-order valence-corrected chi connectivity index (χ4v) is 3.43. The number of aromatic nitrogens is 1. The average Bonchev–Trinajstić information content (AvgIpc) is 2.98. The smallest absolute Gasteiger partial charge is 0.466 e. The minimum Gasteiger partial charge on any atom is -0.481 e. The number of aliphatic hydroxyl groups is 5. The van der Waals surface area contributed by atoms with Crippen LogP contribution in [0.3, 0.4) is 0 Å². The van der Waals surface area contributed by atoms with Gasteiger partial charge in [-0.25, -0.2) is 4.57 Å². The lowest BCUT2D eigenvalue weighted by Crippen LogP contribution is -2.74. The summed E-state index contributed by atoms with van der Waals surface area (Å²) in [5, 5.41) is 48.5. The molecule has 1 aliphatic rings. The van der Waals surface area contributed by atoms with Gasteiger partial charge in [0.25, 0.3) is 0 Å². The van der Waals surface area contributed by atoms with Crippen LogP contribution in [0.25, 0.3) is 10.9 Å². The summed E-state index contributed by atoms with van der Waals surface area (Å²) in [6.45, 7) is 0. The van der Waals surface area contributed by atoms with E-state index in [9.17, 15) is 25.5 Å². The Morgan fingerprint density at radius 1 is 1.11 bits per heavy atom. The van der Waals surface area contributed by atoms with Gasteiger partial charge in [0.2, 0.25) is 5.06 Å². The quantitative estimate of drug-likeness (QED) is 0.181. The molecular formula is C14H18BrClNO10P. The van der Waals surface area contributed by atoms with Crippen LogP contribution in [0.4, 0.5) is 0 Å². The number of halogens is 2. The molecule has 0 bridgehead atoms. The number of alkyl halides is 2. The Balaban J connectivity index is 0.000000500. The van der Waals surface area contributed by atoms with Crippen molar-refractivity contribution in [1.82, 2.24) is 4.98 Å². The van der Waals surface area contributed by atoms with Gasteiger partial charge in [0.15, 0.2) is 10.6 Å². The van der Waals surface area contributed by atoms with Gasteiger partial charge in [0, 0.05) is 17.1 Å². The van der Waals surface area contributed by atoms with Gasteiger partial charge in [-0.1, -0.05) is 23.7 Å². The maximum atomic E-state index is 10.4. The number of rotatable bonds is 2. The number of ether oxygens (including phenoxy) is 1. The average molecular weight is 507 g/mol. The van der Waals surface area contributed by atoms with E-state index in [-0.39, 0.29) is 5.75 Å². The summed E-state index contributed by atoms with van der Waals surface area (Å²) in [5.41, 5.74) is 0.751. The summed E-state index contributed by atoms with van der Waals surface area (Å²) < 4.78 is 12.0. The molecule has 1 fully saturated rings. The molecule has 0 saturated heterocycles. The lowest BCUT2D eigenvalue weighted by molar-refractivity contribution is -0.242. The van der Waals surface area contributed by atoms with Gasteiger partial charge in [-0.15, -0.1) is 0 Å². The number of para-hydroxylation sites is 1. The normalized spacial score (nSPS) is 35.9. The number of hydrogen-bond acceptors (Lipinski definition) is 7. The van der Waals surface area contributed by atoms with E-state index in [2.05, 4.69) is 20.9 Å². The van der Waals surface area contributed by atoms with E-state index in [4.69, 9.17) is 35.6 Å². The maximum absolute atomic E-state index is 10.4. The fraction of sp³-hybridized carbons (Fsp3) is 0.429. The van der Waals surface area contributed by atoms with Gasteiger partial charge in [-0.2, -0.15) is 0 Å². The zero-order valence-corrected chi connectivity index (χ0v) is 17.0. The monoisotopic (exact) mass is 505 g/mol. The Morgan fingerprint density at radius 3 is 2.21 bits per heavy atom. The molecule has 28 heavy (non-hydrogen) atoms. The molecular weight excluding hydrogens is 488 g/mol. The highest BCUT2D eigenvalue weighted by atomic mass is 79.9. The molecule has 14 heteroatoms. The molecule has 0 spiro atoms. The largest absolute Gasteiger partial charge is 0.481 e. The molecule has 1 aromatic heterocycles. The highest BCUT2D eigenvalue weighted by Crippen LogP contribution is 2.46. The first-order valence-electron chi connectivity index (χ1n) is 7.55. The van der Waals surface area contributed by atoms with Crippen molar-refractivity contribution >= 4 is 46.3 Å². The second-order valence-electron chi connectivity index (χ2n) is 6.02. The number of fused-ring (bicyclic) bond motifs is 1. The third-order valence-corrected chi connectivity index (χ3v) is 5.85. The molecule has 11 nitrogen and oxygen atoms in total. The molecule has 6 atom stereocenters. The van der Waals surface area contributed by atoms with Gasteiger partial charge in [-0.05, 0) is 28.1 Å². The maximum Gasteiger partial charge on any atom is 0.466 e. The molecule has 0 radical (unpaired) electrons. The lowest BCUT2D eigenvalue weighted by Gasteiger charge is -2.50. The van der Waals surface area contributed by atoms with E-state index in [0.29, 0.717) is 5.39 Å². The second kappa shape index (κ2) is 8.17. The van der Waals surface area contributed by atoms with Crippen molar-refractivity contribution in [2.24, 2.45) is 0 Å². The van der Waals surface area contributed by atoms with Crippen molar-refractivity contribution in [2.45, 2.75) is 34.0 Å². The van der Waals surface area contributed by atoms with Crippen LogP contribution in [0.15, 0.2) is 30.5 Å². The first-order chi connectivity index (χ1) is 12.7. The summed E-state index contributed by atoms with van der Waals surface area (Å²) in [6.07, 6.45) is -5.57. The molecule has 0 aliphatic heterocycles. The minimum absolute atomic E-state index is 0.260. The number of H-pyrrole nitrogens is 1. The number of benzene rings is 1. The van der Waals surface area contributed by atoms with Crippen LogP contribution in [0.2, 0.25) is 0 Å². The summed E-state index contributed by atoms with van der Waals surface area (Å²) in [6, 6.07) is 7.13. The SMILES string of the molecule is O=P(O)(O)O.O[C@@H]1[C@H](O)[C@H](Oc2c[nH]c3ccccc23)[C@](O)(Cl)[C@@](O)(Br)[C@H]1O. The van der Waals surface area contributed by atoms with E-state index in [1.165, 1.54) is 6.20 Å². The number of aliphatic hydroxyl groups excluding tert-OH is 3.